The van der Waals surface area contributed by atoms with E-state index in [1.165, 1.54) is 31.6 Å². The van der Waals surface area contributed by atoms with Gasteiger partial charge in [-0.2, -0.15) is 0 Å². The van der Waals surface area contributed by atoms with Crippen molar-refractivity contribution in [2.75, 3.05) is 26.7 Å². The van der Waals surface area contributed by atoms with Crippen LogP contribution in [0.4, 0.5) is 0 Å². The van der Waals surface area contributed by atoms with Gasteiger partial charge in [-0.1, -0.05) is 31.8 Å². The van der Waals surface area contributed by atoms with Crippen LogP contribution in [-0.4, -0.2) is 37.4 Å². The number of piperidine rings is 1. The summed E-state index contributed by atoms with van der Waals surface area (Å²) in [5.41, 5.74) is 1.24. The van der Waals surface area contributed by atoms with Gasteiger partial charge in [-0.3, -0.25) is 0 Å². The van der Waals surface area contributed by atoms with Crippen molar-refractivity contribution < 1.29 is 4.84 Å². The minimum Gasteiger partial charge on any atom is -0.396 e. The van der Waals surface area contributed by atoms with Crippen molar-refractivity contribution >= 4 is 5.71 Å². The Balaban J connectivity index is 2.21. The first-order valence-corrected chi connectivity index (χ1v) is 7.12. The molecule has 1 heterocycles. The third-order valence-electron chi connectivity index (χ3n) is 3.42. The molecule has 1 aliphatic heterocycles. The Morgan fingerprint density at radius 3 is 2.29 bits per heavy atom. The molecule has 0 aromatic rings. The smallest absolute Gasteiger partial charge is 0.120 e. The van der Waals surface area contributed by atoms with E-state index >= 15 is 0 Å². The highest BCUT2D eigenvalue weighted by atomic mass is 16.6. The van der Waals surface area contributed by atoms with E-state index in [0.717, 1.165) is 32.3 Å². The van der Waals surface area contributed by atoms with E-state index in [1.54, 1.807) is 0 Å². The zero-order valence-electron chi connectivity index (χ0n) is 11.7. The zero-order valence-corrected chi connectivity index (χ0v) is 11.7. The molecule has 0 aromatic carbocycles. The third-order valence-corrected chi connectivity index (χ3v) is 3.42. The van der Waals surface area contributed by atoms with Crippen LogP contribution in [-0.2, 0) is 4.84 Å². The van der Waals surface area contributed by atoms with E-state index < -0.39 is 0 Å². The van der Waals surface area contributed by atoms with Crippen LogP contribution in [0.3, 0.4) is 0 Å². The predicted molar refractivity (Wildman–Crippen MR) is 73.4 cm³/mol. The fourth-order valence-electron chi connectivity index (χ4n) is 2.26. The highest BCUT2D eigenvalue weighted by Crippen LogP contribution is 2.16. The Kier molecular flexibility index (Phi) is 7.25. The fourth-order valence-corrected chi connectivity index (χ4v) is 2.26. The van der Waals surface area contributed by atoms with Gasteiger partial charge in [0.15, 0.2) is 0 Å². The van der Waals surface area contributed by atoms with Crippen LogP contribution in [0, 0.1) is 5.92 Å². The van der Waals surface area contributed by atoms with E-state index in [-0.39, 0.29) is 0 Å². The second-order valence-corrected chi connectivity index (χ2v) is 5.20. The Labute approximate surface area is 106 Å². The SMILES string of the molecule is CCCC(CCC)=NOCC1CCN(C)CC1. The van der Waals surface area contributed by atoms with Crippen molar-refractivity contribution in [2.24, 2.45) is 11.1 Å². The van der Waals surface area contributed by atoms with Gasteiger partial charge in [0.25, 0.3) is 0 Å². The van der Waals surface area contributed by atoms with Gasteiger partial charge in [0.2, 0.25) is 0 Å². The summed E-state index contributed by atoms with van der Waals surface area (Å²) in [5, 5.41) is 4.32. The van der Waals surface area contributed by atoms with Gasteiger partial charge < -0.3 is 9.74 Å². The monoisotopic (exact) mass is 240 g/mol. The standard InChI is InChI=1S/C14H28N2O/c1-4-6-14(7-5-2)15-17-12-13-8-10-16(3)11-9-13/h13H,4-12H2,1-3H3. The molecule has 3 nitrogen and oxygen atoms in total. The molecule has 0 amide bonds. The Bertz CT molecular complexity index is 212. The minimum absolute atomic E-state index is 0.708. The van der Waals surface area contributed by atoms with E-state index in [9.17, 15) is 0 Å². The number of oxime groups is 1. The van der Waals surface area contributed by atoms with Gasteiger partial charge in [-0.15, -0.1) is 0 Å². The normalized spacial score (nSPS) is 18.1. The number of rotatable bonds is 7. The van der Waals surface area contributed by atoms with Crippen molar-refractivity contribution in [3.05, 3.63) is 0 Å². The maximum atomic E-state index is 5.55. The van der Waals surface area contributed by atoms with Crippen molar-refractivity contribution in [3.8, 4) is 0 Å². The van der Waals surface area contributed by atoms with E-state index in [0.29, 0.717) is 5.92 Å². The molecule has 0 atom stereocenters. The summed E-state index contributed by atoms with van der Waals surface area (Å²) >= 11 is 0. The summed E-state index contributed by atoms with van der Waals surface area (Å²) in [6.45, 7) is 7.61. The van der Waals surface area contributed by atoms with Crippen LogP contribution in [0.2, 0.25) is 0 Å². The quantitative estimate of drug-likeness (QED) is 0.504. The molecule has 0 N–H and O–H groups in total. The lowest BCUT2D eigenvalue weighted by Crippen LogP contribution is -2.31. The molecule has 0 spiro atoms. The molecule has 1 saturated heterocycles. The summed E-state index contributed by atoms with van der Waals surface area (Å²) in [4.78, 5) is 7.93. The maximum absolute atomic E-state index is 5.55. The van der Waals surface area contributed by atoms with Crippen molar-refractivity contribution in [1.29, 1.82) is 0 Å². The first-order chi connectivity index (χ1) is 8.26. The predicted octanol–water partition coefficient (Wildman–Crippen LogP) is 3.30. The molecule has 0 unspecified atom stereocenters. The van der Waals surface area contributed by atoms with Gasteiger partial charge >= 0.3 is 0 Å². The second kappa shape index (κ2) is 8.51. The molecule has 1 fully saturated rings. The van der Waals surface area contributed by atoms with Crippen molar-refractivity contribution in [2.45, 2.75) is 52.4 Å². The lowest BCUT2D eigenvalue weighted by molar-refractivity contribution is 0.0765. The molecule has 1 aliphatic rings. The summed E-state index contributed by atoms with van der Waals surface area (Å²) in [5.74, 6) is 0.708. The molecule has 0 radical (unpaired) electrons. The molecule has 0 saturated carbocycles. The van der Waals surface area contributed by atoms with Gasteiger partial charge in [0.1, 0.15) is 6.61 Å². The minimum atomic E-state index is 0.708. The Hall–Kier alpha value is -0.570. The van der Waals surface area contributed by atoms with Crippen LogP contribution in [0.1, 0.15) is 52.4 Å². The fraction of sp³-hybridized carbons (Fsp3) is 0.929. The first kappa shape index (κ1) is 14.5. The van der Waals surface area contributed by atoms with Gasteiger partial charge in [0, 0.05) is 0 Å². The van der Waals surface area contributed by atoms with Gasteiger partial charge in [-0.25, -0.2) is 0 Å². The van der Waals surface area contributed by atoms with Crippen LogP contribution in [0.25, 0.3) is 0 Å². The number of hydrogen-bond acceptors (Lipinski definition) is 3. The molecule has 100 valence electrons. The molecule has 0 aromatic heterocycles. The zero-order chi connectivity index (χ0) is 12.5. The maximum Gasteiger partial charge on any atom is 0.120 e. The van der Waals surface area contributed by atoms with Gasteiger partial charge in [0.05, 0.1) is 5.71 Å². The highest BCUT2D eigenvalue weighted by Gasteiger charge is 2.16. The van der Waals surface area contributed by atoms with Crippen LogP contribution < -0.4 is 0 Å². The van der Waals surface area contributed by atoms with Crippen LogP contribution in [0.5, 0.6) is 0 Å². The van der Waals surface area contributed by atoms with Crippen molar-refractivity contribution in [1.82, 2.24) is 4.90 Å². The van der Waals surface area contributed by atoms with Crippen molar-refractivity contribution in [3.63, 3.8) is 0 Å². The number of nitrogens with zero attached hydrogens (tertiary/aromatic N) is 2. The highest BCUT2D eigenvalue weighted by molar-refractivity contribution is 5.83. The molecular weight excluding hydrogens is 212 g/mol. The Morgan fingerprint density at radius 2 is 1.76 bits per heavy atom. The first-order valence-electron chi connectivity index (χ1n) is 7.12. The molecule has 0 aliphatic carbocycles. The molecule has 0 bridgehead atoms. The number of hydrogen-bond donors (Lipinski definition) is 0. The summed E-state index contributed by atoms with van der Waals surface area (Å²) in [6.07, 6.45) is 7.00. The Morgan fingerprint density at radius 1 is 1.18 bits per heavy atom. The lowest BCUT2D eigenvalue weighted by atomic mass is 9.98. The average Bonchev–Trinajstić information content (AvgIpc) is 2.32. The van der Waals surface area contributed by atoms with Crippen LogP contribution in [0.15, 0.2) is 5.16 Å². The van der Waals surface area contributed by atoms with E-state index in [2.05, 4.69) is 31.0 Å². The van der Waals surface area contributed by atoms with Crippen LogP contribution >= 0.6 is 0 Å². The third kappa shape index (κ3) is 6.06. The number of likely N-dealkylation sites (tertiary alicyclic amines) is 1. The summed E-state index contributed by atoms with van der Waals surface area (Å²) < 4.78 is 0. The molecular formula is C14H28N2O. The summed E-state index contributed by atoms with van der Waals surface area (Å²) in [6, 6.07) is 0. The molecule has 1 rings (SSSR count). The van der Waals surface area contributed by atoms with E-state index in [1.807, 2.05) is 0 Å². The van der Waals surface area contributed by atoms with E-state index in [4.69, 9.17) is 4.84 Å². The lowest BCUT2D eigenvalue weighted by Gasteiger charge is -2.27. The van der Waals surface area contributed by atoms with Gasteiger partial charge in [-0.05, 0) is 51.7 Å². The topological polar surface area (TPSA) is 24.8 Å². The summed E-state index contributed by atoms with van der Waals surface area (Å²) in [7, 11) is 2.19. The second-order valence-electron chi connectivity index (χ2n) is 5.20. The average molecular weight is 240 g/mol. The largest absolute Gasteiger partial charge is 0.396 e. The molecule has 3 heteroatoms. The molecule has 17 heavy (non-hydrogen) atoms.